The van der Waals surface area contributed by atoms with Gasteiger partial charge >= 0.3 is 0 Å². The highest BCUT2D eigenvalue weighted by molar-refractivity contribution is 7.99. The molecule has 0 atom stereocenters. The van der Waals surface area contributed by atoms with Crippen LogP contribution < -0.4 is 5.43 Å². The molecular formula is C25H24N4OS2. The smallest absolute Gasteiger partial charge is 0.250 e. The van der Waals surface area contributed by atoms with Gasteiger partial charge in [0.05, 0.1) is 29.5 Å². The number of amides is 1. The van der Waals surface area contributed by atoms with Gasteiger partial charge in [-0.3, -0.25) is 4.79 Å². The highest BCUT2D eigenvalue weighted by Crippen LogP contribution is 2.25. The summed E-state index contributed by atoms with van der Waals surface area (Å²) in [6.45, 7) is 2.78. The summed E-state index contributed by atoms with van der Waals surface area (Å²) >= 11 is 3.11. The standard InChI is InChI=1S/C25H24N4OS2/c1-18-7-9-20(10-8-18)16-29-23-6-4-3-5-22(23)27-25(29)32-17-24(30)28-26-15-19-11-13-21(31-2)14-12-19/h3-15H,16-17H2,1-2H3,(H,28,30)/b26-15+. The predicted molar refractivity (Wildman–Crippen MR) is 135 cm³/mol. The molecule has 0 saturated carbocycles. The Bertz CT molecular complexity index is 1230. The Hall–Kier alpha value is -3.03. The van der Waals surface area contributed by atoms with Crippen molar-refractivity contribution in [1.82, 2.24) is 15.0 Å². The number of nitrogens with one attached hydrogen (secondary N) is 1. The number of carbonyl (C=O) groups is 1. The third kappa shape index (κ3) is 5.60. The summed E-state index contributed by atoms with van der Waals surface area (Å²) < 4.78 is 2.16. The molecule has 0 aliphatic heterocycles. The lowest BCUT2D eigenvalue weighted by Gasteiger charge is -2.09. The number of fused-ring (bicyclic) bond motifs is 1. The number of nitrogens with zero attached hydrogens (tertiary/aromatic N) is 3. The van der Waals surface area contributed by atoms with Crippen molar-refractivity contribution in [3.63, 3.8) is 0 Å². The van der Waals surface area contributed by atoms with Gasteiger partial charge in [0.1, 0.15) is 0 Å². The van der Waals surface area contributed by atoms with E-state index < -0.39 is 0 Å². The van der Waals surface area contributed by atoms with Crippen molar-refractivity contribution in [3.8, 4) is 0 Å². The number of imidazole rings is 1. The van der Waals surface area contributed by atoms with Gasteiger partial charge in [0.25, 0.3) is 5.91 Å². The third-order valence-corrected chi connectivity index (χ3v) is 6.65. The minimum Gasteiger partial charge on any atom is -0.314 e. The average molecular weight is 461 g/mol. The Kier molecular flexibility index (Phi) is 7.29. The van der Waals surface area contributed by atoms with E-state index in [1.54, 1.807) is 18.0 Å². The molecule has 4 aromatic rings. The van der Waals surface area contributed by atoms with Crippen molar-refractivity contribution in [1.29, 1.82) is 0 Å². The van der Waals surface area contributed by atoms with E-state index >= 15 is 0 Å². The van der Waals surface area contributed by atoms with Crippen LogP contribution in [0.15, 0.2) is 87.9 Å². The summed E-state index contributed by atoms with van der Waals surface area (Å²) in [5.41, 5.74) is 7.96. The molecule has 1 heterocycles. The fourth-order valence-electron chi connectivity index (χ4n) is 3.22. The van der Waals surface area contributed by atoms with Crippen LogP contribution in [0.3, 0.4) is 0 Å². The summed E-state index contributed by atoms with van der Waals surface area (Å²) in [7, 11) is 0. The van der Waals surface area contributed by atoms with E-state index in [2.05, 4.69) is 52.3 Å². The number of rotatable bonds is 8. The first-order valence-corrected chi connectivity index (χ1v) is 12.4. The first-order chi connectivity index (χ1) is 15.6. The van der Waals surface area contributed by atoms with Crippen molar-refractivity contribution in [2.24, 2.45) is 5.10 Å². The molecule has 5 nitrogen and oxygen atoms in total. The monoisotopic (exact) mass is 460 g/mol. The van der Waals surface area contributed by atoms with Crippen LogP contribution >= 0.6 is 23.5 Å². The lowest BCUT2D eigenvalue weighted by Crippen LogP contribution is -2.20. The van der Waals surface area contributed by atoms with Gasteiger partial charge in [-0.05, 0) is 48.6 Å². The molecule has 0 spiro atoms. The molecule has 32 heavy (non-hydrogen) atoms. The lowest BCUT2D eigenvalue weighted by molar-refractivity contribution is -0.118. The minimum atomic E-state index is -0.166. The molecule has 0 saturated heterocycles. The van der Waals surface area contributed by atoms with Gasteiger partial charge in [-0.15, -0.1) is 11.8 Å². The lowest BCUT2D eigenvalue weighted by atomic mass is 10.1. The second kappa shape index (κ2) is 10.5. The van der Waals surface area contributed by atoms with E-state index in [1.807, 2.05) is 48.7 Å². The van der Waals surface area contributed by atoms with E-state index in [9.17, 15) is 4.79 Å². The molecule has 0 bridgehead atoms. The molecule has 7 heteroatoms. The molecule has 0 aliphatic rings. The van der Waals surface area contributed by atoms with E-state index in [0.29, 0.717) is 6.54 Å². The highest BCUT2D eigenvalue weighted by Gasteiger charge is 2.13. The normalized spacial score (nSPS) is 11.3. The molecule has 0 radical (unpaired) electrons. The van der Waals surface area contributed by atoms with Crippen LogP contribution in [-0.2, 0) is 11.3 Å². The molecule has 0 fully saturated rings. The maximum absolute atomic E-state index is 12.3. The minimum absolute atomic E-state index is 0.166. The van der Waals surface area contributed by atoms with E-state index in [0.717, 1.165) is 21.8 Å². The van der Waals surface area contributed by atoms with Gasteiger partial charge < -0.3 is 4.57 Å². The second-order valence-electron chi connectivity index (χ2n) is 7.31. The Balaban J connectivity index is 1.42. The van der Waals surface area contributed by atoms with Crippen LogP contribution in [-0.4, -0.2) is 33.7 Å². The van der Waals surface area contributed by atoms with Crippen molar-refractivity contribution in [2.45, 2.75) is 23.5 Å². The van der Waals surface area contributed by atoms with Gasteiger partial charge in [-0.2, -0.15) is 5.10 Å². The quantitative estimate of drug-likeness (QED) is 0.219. The van der Waals surface area contributed by atoms with Gasteiger partial charge in [-0.25, -0.2) is 10.4 Å². The summed E-state index contributed by atoms with van der Waals surface area (Å²) in [5, 5.41) is 4.90. The molecular weight excluding hydrogens is 436 g/mol. The first-order valence-electron chi connectivity index (χ1n) is 10.2. The van der Waals surface area contributed by atoms with Crippen LogP contribution in [0.5, 0.6) is 0 Å². The average Bonchev–Trinajstić information content (AvgIpc) is 3.17. The first kappa shape index (κ1) is 22.2. The number of para-hydroxylation sites is 2. The topological polar surface area (TPSA) is 59.3 Å². The third-order valence-electron chi connectivity index (χ3n) is 4.93. The molecule has 1 aromatic heterocycles. The molecule has 3 aromatic carbocycles. The maximum atomic E-state index is 12.3. The summed E-state index contributed by atoms with van der Waals surface area (Å²) in [4.78, 5) is 18.3. The largest absolute Gasteiger partial charge is 0.314 e. The Labute approximate surface area is 196 Å². The number of aryl methyl sites for hydroxylation is 1. The van der Waals surface area contributed by atoms with Crippen LogP contribution in [0, 0.1) is 6.92 Å². The predicted octanol–water partition coefficient (Wildman–Crippen LogP) is 5.36. The van der Waals surface area contributed by atoms with Crippen LogP contribution in [0.2, 0.25) is 0 Å². The van der Waals surface area contributed by atoms with E-state index in [4.69, 9.17) is 4.98 Å². The molecule has 0 unspecified atom stereocenters. The number of aromatic nitrogens is 2. The van der Waals surface area contributed by atoms with Crippen LogP contribution in [0.25, 0.3) is 11.0 Å². The van der Waals surface area contributed by atoms with E-state index in [-0.39, 0.29) is 11.7 Å². The van der Waals surface area contributed by atoms with Crippen molar-refractivity contribution in [2.75, 3.05) is 12.0 Å². The van der Waals surface area contributed by atoms with E-state index in [1.165, 1.54) is 27.8 Å². The fraction of sp³-hybridized carbons (Fsp3) is 0.160. The van der Waals surface area contributed by atoms with Gasteiger partial charge in [0, 0.05) is 4.90 Å². The van der Waals surface area contributed by atoms with Crippen molar-refractivity contribution >= 4 is 46.7 Å². The molecule has 1 N–H and O–H groups in total. The zero-order valence-corrected chi connectivity index (χ0v) is 19.6. The zero-order chi connectivity index (χ0) is 22.3. The SMILES string of the molecule is CSc1ccc(/C=N/NC(=O)CSc2nc3ccccc3n2Cc2ccc(C)cc2)cc1. The fourth-order valence-corrected chi connectivity index (χ4v) is 4.44. The number of hydrazone groups is 1. The van der Waals surface area contributed by atoms with Crippen LogP contribution in [0.4, 0.5) is 0 Å². The van der Waals surface area contributed by atoms with Gasteiger partial charge in [0.2, 0.25) is 0 Å². The molecule has 4 rings (SSSR count). The number of benzene rings is 3. The number of hydrogen-bond donors (Lipinski definition) is 1. The van der Waals surface area contributed by atoms with Crippen LogP contribution in [0.1, 0.15) is 16.7 Å². The zero-order valence-electron chi connectivity index (χ0n) is 18.0. The Morgan fingerprint density at radius 1 is 1.06 bits per heavy atom. The van der Waals surface area contributed by atoms with Gasteiger partial charge in [0.15, 0.2) is 5.16 Å². The van der Waals surface area contributed by atoms with Crippen molar-refractivity contribution in [3.05, 3.63) is 89.5 Å². The molecule has 162 valence electrons. The second-order valence-corrected chi connectivity index (χ2v) is 9.13. The Morgan fingerprint density at radius 3 is 2.56 bits per heavy atom. The number of thioether (sulfide) groups is 2. The number of carbonyl (C=O) groups excluding carboxylic acids is 1. The number of hydrogen-bond acceptors (Lipinski definition) is 5. The maximum Gasteiger partial charge on any atom is 0.250 e. The highest BCUT2D eigenvalue weighted by atomic mass is 32.2. The molecule has 0 aliphatic carbocycles. The summed E-state index contributed by atoms with van der Waals surface area (Å²) in [5.74, 6) is 0.0703. The Morgan fingerprint density at radius 2 is 1.81 bits per heavy atom. The van der Waals surface area contributed by atoms with Crippen molar-refractivity contribution < 1.29 is 4.79 Å². The molecule has 1 amide bonds. The summed E-state index contributed by atoms with van der Waals surface area (Å²) in [6.07, 6.45) is 3.69. The van der Waals surface area contributed by atoms with Gasteiger partial charge in [-0.1, -0.05) is 65.9 Å². The summed E-state index contributed by atoms with van der Waals surface area (Å²) in [6, 6.07) is 24.5.